The van der Waals surface area contributed by atoms with Gasteiger partial charge in [-0.1, -0.05) is 25.1 Å². The second-order valence-electron chi connectivity index (χ2n) is 6.37. The SMILES string of the molecule is CCc1nnc2n1CCN(C(=O)C(C)(C)c1ccccc1F)C2. The van der Waals surface area contributed by atoms with Crippen LogP contribution in [-0.2, 0) is 29.7 Å². The molecule has 0 saturated carbocycles. The van der Waals surface area contributed by atoms with Gasteiger partial charge in [-0.15, -0.1) is 10.2 Å². The summed E-state index contributed by atoms with van der Waals surface area (Å²) in [5.41, 5.74) is -0.493. The van der Waals surface area contributed by atoms with E-state index in [1.165, 1.54) is 6.07 Å². The van der Waals surface area contributed by atoms with E-state index in [1.807, 2.05) is 6.92 Å². The van der Waals surface area contributed by atoms with Crippen LogP contribution in [0.3, 0.4) is 0 Å². The van der Waals surface area contributed by atoms with Crippen molar-refractivity contribution in [3.8, 4) is 0 Å². The number of hydrogen-bond acceptors (Lipinski definition) is 3. The summed E-state index contributed by atoms with van der Waals surface area (Å²) < 4.78 is 16.2. The van der Waals surface area contributed by atoms with E-state index in [0.717, 1.165) is 18.1 Å². The van der Waals surface area contributed by atoms with Crippen molar-refractivity contribution in [1.82, 2.24) is 19.7 Å². The predicted octanol–water partition coefficient (Wildman–Crippen LogP) is 2.30. The minimum absolute atomic E-state index is 0.0881. The molecule has 2 heterocycles. The van der Waals surface area contributed by atoms with Gasteiger partial charge in [-0.25, -0.2) is 4.39 Å². The molecular formula is C17H21FN4O. The summed E-state index contributed by atoms with van der Waals surface area (Å²) in [6.07, 6.45) is 0.821. The van der Waals surface area contributed by atoms with E-state index in [9.17, 15) is 9.18 Å². The molecule has 1 aromatic heterocycles. The molecule has 1 amide bonds. The van der Waals surface area contributed by atoms with Crippen LogP contribution in [0, 0.1) is 5.82 Å². The molecule has 5 nitrogen and oxygen atoms in total. The molecule has 1 aromatic carbocycles. The van der Waals surface area contributed by atoms with E-state index < -0.39 is 5.41 Å². The van der Waals surface area contributed by atoms with Crippen LogP contribution in [-0.4, -0.2) is 32.1 Å². The highest BCUT2D eigenvalue weighted by Gasteiger charge is 2.37. The molecule has 23 heavy (non-hydrogen) atoms. The smallest absolute Gasteiger partial charge is 0.233 e. The van der Waals surface area contributed by atoms with Gasteiger partial charge in [-0.3, -0.25) is 4.79 Å². The van der Waals surface area contributed by atoms with Crippen molar-refractivity contribution in [2.45, 2.75) is 45.7 Å². The van der Waals surface area contributed by atoms with Gasteiger partial charge in [0.1, 0.15) is 11.6 Å². The maximum atomic E-state index is 14.1. The summed E-state index contributed by atoms with van der Waals surface area (Å²) in [7, 11) is 0. The van der Waals surface area contributed by atoms with Gasteiger partial charge in [0.25, 0.3) is 0 Å². The van der Waals surface area contributed by atoms with Gasteiger partial charge >= 0.3 is 0 Å². The van der Waals surface area contributed by atoms with Crippen LogP contribution in [0.15, 0.2) is 24.3 Å². The first kappa shape index (κ1) is 15.6. The number of hydrogen-bond donors (Lipinski definition) is 0. The molecular weight excluding hydrogens is 295 g/mol. The summed E-state index contributed by atoms with van der Waals surface area (Å²) in [4.78, 5) is 14.7. The van der Waals surface area contributed by atoms with E-state index >= 15 is 0 Å². The summed E-state index contributed by atoms with van der Waals surface area (Å²) >= 11 is 0. The number of benzene rings is 1. The first-order valence-corrected chi connectivity index (χ1v) is 7.90. The Bertz CT molecular complexity index is 738. The van der Waals surface area contributed by atoms with Crippen molar-refractivity contribution in [2.24, 2.45) is 0 Å². The first-order valence-electron chi connectivity index (χ1n) is 7.90. The quantitative estimate of drug-likeness (QED) is 0.873. The number of rotatable bonds is 3. The van der Waals surface area contributed by atoms with E-state index in [1.54, 1.807) is 36.9 Å². The lowest BCUT2D eigenvalue weighted by atomic mass is 9.82. The maximum Gasteiger partial charge on any atom is 0.233 e. The van der Waals surface area contributed by atoms with Crippen LogP contribution >= 0.6 is 0 Å². The van der Waals surface area contributed by atoms with Crippen LogP contribution < -0.4 is 0 Å². The van der Waals surface area contributed by atoms with Crippen molar-refractivity contribution in [1.29, 1.82) is 0 Å². The van der Waals surface area contributed by atoms with Gasteiger partial charge in [0.15, 0.2) is 5.82 Å². The molecule has 0 atom stereocenters. The fourth-order valence-corrected chi connectivity index (χ4v) is 3.13. The summed E-state index contributed by atoms with van der Waals surface area (Å²) in [6, 6.07) is 6.46. The maximum absolute atomic E-state index is 14.1. The molecule has 0 N–H and O–H groups in total. The minimum Gasteiger partial charge on any atom is -0.333 e. The van der Waals surface area contributed by atoms with Gasteiger partial charge in [-0.2, -0.15) is 0 Å². The average Bonchev–Trinajstić information content (AvgIpc) is 2.96. The standard InChI is InChI=1S/C17H21FN4O/c1-4-14-19-20-15-11-21(9-10-22(14)15)16(23)17(2,3)12-7-5-6-8-13(12)18/h5-8H,4,9-11H2,1-3H3. The predicted molar refractivity (Wildman–Crippen MR) is 84.2 cm³/mol. The number of fused-ring (bicyclic) bond motifs is 1. The fraction of sp³-hybridized carbons (Fsp3) is 0.471. The lowest BCUT2D eigenvalue weighted by molar-refractivity contribution is -0.138. The Morgan fingerprint density at radius 2 is 2.00 bits per heavy atom. The first-order chi connectivity index (χ1) is 10.9. The zero-order chi connectivity index (χ0) is 16.6. The molecule has 122 valence electrons. The second-order valence-corrected chi connectivity index (χ2v) is 6.37. The Morgan fingerprint density at radius 3 is 2.70 bits per heavy atom. The van der Waals surface area contributed by atoms with Gasteiger partial charge in [0, 0.05) is 25.1 Å². The van der Waals surface area contributed by atoms with E-state index in [2.05, 4.69) is 14.8 Å². The Balaban J connectivity index is 1.85. The van der Waals surface area contributed by atoms with Crippen molar-refractivity contribution in [3.63, 3.8) is 0 Å². The van der Waals surface area contributed by atoms with Crippen molar-refractivity contribution in [2.75, 3.05) is 6.54 Å². The number of amides is 1. The van der Waals surface area contributed by atoms with E-state index in [-0.39, 0.29) is 11.7 Å². The lowest BCUT2D eigenvalue weighted by Gasteiger charge is -2.35. The van der Waals surface area contributed by atoms with Crippen LogP contribution in [0.25, 0.3) is 0 Å². The Hall–Kier alpha value is -2.24. The van der Waals surface area contributed by atoms with Crippen LogP contribution in [0.1, 0.15) is 38.0 Å². The number of halogens is 1. The van der Waals surface area contributed by atoms with Crippen LogP contribution in [0.4, 0.5) is 4.39 Å². The highest BCUT2D eigenvalue weighted by Crippen LogP contribution is 2.29. The molecule has 0 unspecified atom stereocenters. The van der Waals surface area contributed by atoms with Crippen LogP contribution in [0.2, 0.25) is 0 Å². The Labute approximate surface area is 135 Å². The zero-order valence-corrected chi connectivity index (χ0v) is 13.7. The second kappa shape index (κ2) is 5.76. The third-order valence-electron chi connectivity index (χ3n) is 4.52. The number of carbonyl (C=O) groups is 1. The normalized spacial score (nSPS) is 14.7. The van der Waals surface area contributed by atoms with Crippen molar-refractivity contribution in [3.05, 3.63) is 47.3 Å². The molecule has 0 aliphatic carbocycles. The number of aromatic nitrogens is 3. The third kappa shape index (κ3) is 2.62. The van der Waals surface area contributed by atoms with Gasteiger partial charge in [0.2, 0.25) is 5.91 Å². The molecule has 0 saturated heterocycles. The highest BCUT2D eigenvalue weighted by atomic mass is 19.1. The topological polar surface area (TPSA) is 51.0 Å². The Morgan fingerprint density at radius 1 is 1.26 bits per heavy atom. The Kier molecular flexibility index (Phi) is 3.92. The van der Waals surface area contributed by atoms with E-state index in [0.29, 0.717) is 25.2 Å². The molecule has 3 rings (SSSR count). The summed E-state index contributed by atoms with van der Waals surface area (Å²) in [5, 5.41) is 8.34. The van der Waals surface area contributed by atoms with Gasteiger partial charge in [-0.05, 0) is 19.9 Å². The zero-order valence-electron chi connectivity index (χ0n) is 13.7. The summed E-state index contributed by atoms with van der Waals surface area (Å²) in [5.74, 6) is 1.31. The molecule has 0 radical (unpaired) electrons. The number of aryl methyl sites for hydroxylation is 1. The molecule has 2 aromatic rings. The van der Waals surface area contributed by atoms with E-state index in [4.69, 9.17) is 0 Å². The minimum atomic E-state index is -0.916. The molecule has 0 spiro atoms. The largest absolute Gasteiger partial charge is 0.333 e. The highest BCUT2D eigenvalue weighted by molar-refractivity contribution is 5.87. The van der Waals surface area contributed by atoms with Gasteiger partial charge in [0.05, 0.1) is 12.0 Å². The van der Waals surface area contributed by atoms with Crippen LogP contribution in [0.5, 0.6) is 0 Å². The molecule has 1 aliphatic heterocycles. The third-order valence-corrected chi connectivity index (χ3v) is 4.52. The average molecular weight is 316 g/mol. The monoisotopic (exact) mass is 316 g/mol. The van der Waals surface area contributed by atoms with Crippen molar-refractivity contribution >= 4 is 5.91 Å². The molecule has 6 heteroatoms. The number of carbonyl (C=O) groups excluding carboxylic acids is 1. The fourth-order valence-electron chi connectivity index (χ4n) is 3.13. The lowest BCUT2D eigenvalue weighted by Crippen LogP contribution is -2.47. The molecule has 1 aliphatic rings. The molecule has 0 bridgehead atoms. The van der Waals surface area contributed by atoms with Gasteiger partial charge < -0.3 is 9.47 Å². The molecule has 0 fully saturated rings. The number of nitrogens with zero attached hydrogens (tertiary/aromatic N) is 4. The van der Waals surface area contributed by atoms with Crippen molar-refractivity contribution < 1.29 is 9.18 Å². The summed E-state index contributed by atoms with van der Waals surface area (Å²) in [6.45, 7) is 7.27.